The van der Waals surface area contributed by atoms with E-state index in [2.05, 4.69) is 0 Å². The van der Waals surface area contributed by atoms with Gasteiger partial charge in [-0.05, 0) is 6.92 Å². The van der Waals surface area contributed by atoms with E-state index in [4.69, 9.17) is 23.7 Å². The van der Waals surface area contributed by atoms with Crippen LogP contribution in [0.5, 0.6) is 0 Å². The van der Waals surface area contributed by atoms with Gasteiger partial charge in [0, 0.05) is 0 Å². The van der Waals surface area contributed by atoms with Crippen LogP contribution in [0.1, 0.15) is 6.92 Å². The summed E-state index contributed by atoms with van der Waals surface area (Å²) in [5.74, 6) is 0. The maximum atomic E-state index is 10.5. The average Bonchev–Trinajstić information content (AvgIpc) is 2.79. The minimum Gasteiger partial charge on any atom is -0.394 e. The summed E-state index contributed by atoms with van der Waals surface area (Å²) in [4.78, 5) is 0. The van der Waals surface area contributed by atoms with Crippen LogP contribution in [-0.2, 0) is 23.7 Å². The molecule has 3 heterocycles. The van der Waals surface area contributed by atoms with Crippen molar-refractivity contribution in [1.29, 1.82) is 0 Å². The Balaban J connectivity index is 1.80. The fraction of sp³-hybridized carbons (Fsp3) is 1.00. The standard InChI is InChI=1S/C18H32O15/c1-4-14(32-17-11(25)9(23)7(21)5(2-19)30-17)15(13(27)16(28)29-4)33-18-12(26)10(24)8(22)6(3-20)31-18/h4-28H,2-3H2,1H3/t4-,5+,6+,7+,8+,9-,10-,11+,12+,13+,14-,15-,16?,17-,18-/m0/s1. The van der Waals surface area contributed by atoms with Gasteiger partial charge in [-0.3, -0.25) is 0 Å². The molecule has 0 aromatic heterocycles. The average molecular weight is 488 g/mol. The highest BCUT2D eigenvalue weighted by atomic mass is 16.8. The van der Waals surface area contributed by atoms with Crippen LogP contribution in [-0.4, -0.2) is 156 Å². The summed E-state index contributed by atoms with van der Waals surface area (Å²) in [7, 11) is 0. The molecule has 0 aromatic carbocycles. The van der Waals surface area contributed by atoms with Gasteiger partial charge in [0.15, 0.2) is 18.9 Å². The van der Waals surface area contributed by atoms with Gasteiger partial charge in [0.05, 0.1) is 19.3 Å². The normalized spacial score (nSPS) is 53.7. The molecule has 15 heteroatoms. The van der Waals surface area contributed by atoms with Crippen molar-refractivity contribution in [2.75, 3.05) is 13.2 Å². The lowest BCUT2D eigenvalue weighted by molar-refractivity contribution is -0.380. The van der Waals surface area contributed by atoms with Crippen molar-refractivity contribution in [3.05, 3.63) is 0 Å². The SMILES string of the molecule is C[C@@H]1OC(O)[C@H](O)[C@H](O[C@@H]2O[C@H](CO)[C@@H](O)[C@H](O)[C@H]2O)[C@H]1O[C@@H]1O[C@H](CO)[C@@H](O)[C@H](O)[C@H]1O. The van der Waals surface area contributed by atoms with Crippen molar-refractivity contribution < 1.29 is 74.7 Å². The molecule has 3 saturated heterocycles. The second kappa shape index (κ2) is 11.0. The van der Waals surface area contributed by atoms with Crippen LogP contribution in [0.4, 0.5) is 0 Å². The van der Waals surface area contributed by atoms with E-state index in [-0.39, 0.29) is 0 Å². The Bertz CT molecular complexity index is 622. The zero-order valence-corrected chi connectivity index (χ0v) is 17.6. The molecule has 0 aliphatic carbocycles. The van der Waals surface area contributed by atoms with Crippen LogP contribution in [0.25, 0.3) is 0 Å². The molecule has 15 atom stereocenters. The minimum atomic E-state index is -1.82. The van der Waals surface area contributed by atoms with Gasteiger partial charge in [0.25, 0.3) is 0 Å². The molecular formula is C18H32O15. The highest BCUT2D eigenvalue weighted by Crippen LogP contribution is 2.32. The Kier molecular flexibility index (Phi) is 8.99. The van der Waals surface area contributed by atoms with Gasteiger partial charge in [0.1, 0.15) is 67.1 Å². The van der Waals surface area contributed by atoms with Gasteiger partial charge in [-0.25, -0.2) is 0 Å². The van der Waals surface area contributed by atoms with Gasteiger partial charge in [-0.15, -0.1) is 0 Å². The molecule has 0 radical (unpaired) electrons. The third-order valence-electron chi connectivity index (χ3n) is 6.05. The summed E-state index contributed by atoms with van der Waals surface area (Å²) in [6.45, 7) is -0.0357. The van der Waals surface area contributed by atoms with Gasteiger partial charge in [0.2, 0.25) is 0 Å². The highest BCUT2D eigenvalue weighted by Gasteiger charge is 2.53. The topological polar surface area (TPSA) is 248 Å². The van der Waals surface area contributed by atoms with Crippen LogP contribution in [0.15, 0.2) is 0 Å². The largest absolute Gasteiger partial charge is 0.394 e. The lowest BCUT2D eigenvalue weighted by Crippen LogP contribution is -2.66. The Labute approximate surface area is 187 Å². The molecule has 0 amide bonds. The first-order valence-electron chi connectivity index (χ1n) is 10.4. The fourth-order valence-electron chi connectivity index (χ4n) is 4.02. The molecule has 3 aliphatic heterocycles. The quantitative estimate of drug-likeness (QED) is 0.167. The van der Waals surface area contributed by atoms with Crippen LogP contribution >= 0.6 is 0 Å². The summed E-state index contributed by atoms with van der Waals surface area (Å²) < 4.78 is 27.0. The maximum absolute atomic E-state index is 10.5. The first-order chi connectivity index (χ1) is 15.5. The number of rotatable bonds is 6. The van der Waals surface area contributed by atoms with E-state index < -0.39 is 105 Å². The lowest BCUT2D eigenvalue weighted by Gasteiger charge is -2.48. The Morgan fingerprint density at radius 2 is 0.970 bits per heavy atom. The number of hydrogen-bond acceptors (Lipinski definition) is 15. The minimum absolute atomic E-state index is 0.715. The van der Waals surface area contributed by atoms with Crippen LogP contribution in [0, 0.1) is 0 Å². The summed E-state index contributed by atoms with van der Waals surface area (Å²) >= 11 is 0. The number of ether oxygens (including phenoxy) is 5. The molecular weight excluding hydrogens is 456 g/mol. The molecule has 0 spiro atoms. The predicted molar refractivity (Wildman–Crippen MR) is 99.8 cm³/mol. The van der Waals surface area contributed by atoms with Crippen LogP contribution < -0.4 is 0 Å². The van der Waals surface area contributed by atoms with E-state index in [1.165, 1.54) is 6.92 Å². The fourth-order valence-corrected chi connectivity index (χ4v) is 4.02. The van der Waals surface area contributed by atoms with Gasteiger partial charge in [-0.1, -0.05) is 0 Å². The predicted octanol–water partition coefficient (Wildman–Crippen LogP) is -6.55. The maximum Gasteiger partial charge on any atom is 0.187 e. The first-order valence-corrected chi connectivity index (χ1v) is 10.4. The van der Waals surface area contributed by atoms with Crippen molar-refractivity contribution in [3.8, 4) is 0 Å². The van der Waals surface area contributed by atoms with E-state index in [0.717, 1.165) is 0 Å². The number of aliphatic hydroxyl groups is 10. The first kappa shape index (κ1) is 27.0. The summed E-state index contributed by atoms with van der Waals surface area (Å²) in [5.41, 5.74) is 0. The monoisotopic (exact) mass is 488 g/mol. The molecule has 3 fully saturated rings. The van der Waals surface area contributed by atoms with E-state index in [1.807, 2.05) is 0 Å². The van der Waals surface area contributed by atoms with Crippen LogP contribution in [0.3, 0.4) is 0 Å². The molecule has 1 unspecified atom stereocenters. The van der Waals surface area contributed by atoms with Gasteiger partial charge in [-0.2, -0.15) is 0 Å². The smallest absolute Gasteiger partial charge is 0.187 e. The van der Waals surface area contributed by atoms with Gasteiger partial charge < -0.3 is 74.7 Å². The van der Waals surface area contributed by atoms with E-state index >= 15 is 0 Å². The molecule has 10 N–H and O–H groups in total. The van der Waals surface area contributed by atoms with E-state index in [1.54, 1.807) is 0 Å². The molecule has 0 bridgehead atoms. The van der Waals surface area contributed by atoms with Crippen molar-refractivity contribution in [1.82, 2.24) is 0 Å². The van der Waals surface area contributed by atoms with Crippen LogP contribution in [0.2, 0.25) is 0 Å². The second-order valence-electron chi connectivity index (χ2n) is 8.32. The molecule has 3 rings (SSSR count). The van der Waals surface area contributed by atoms with Crippen molar-refractivity contribution >= 4 is 0 Å². The summed E-state index contributed by atoms with van der Waals surface area (Å²) in [5, 5.41) is 99.4. The summed E-state index contributed by atoms with van der Waals surface area (Å²) in [6, 6.07) is 0. The second-order valence-corrected chi connectivity index (χ2v) is 8.32. The summed E-state index contributed by atoms with van der Waals surface area (Å²) in [6.07, 6.45) is -23.9. The third-order valence-corrected chi connectivity index (χ3v) is 6.05. The molecule has 194 valence electrons. The molecule has 3 aliphatic rings. The van der Waals surface area contributed by atoms with Crippen molar-refractivity contribution in [2.45, 2.75) is 99.0 Å². The molecule has 33 heavy (non-hydrogen) atoms. The zero-order valence-electron chi connectivity index (χ0n) is 17.6. The zero-order chi connectivity index (χ0) is 24.6. The Morgan fingerprint density at radius 3 is 1.39 bits per heavy atom. The van der Waals surface area contributed by atoms with E-state index in [9.17, 15) is 51.1 Å². The molecule has 0 aromatic rings. The number of hydrogen-bond donors (Lipinski definition) is 10. The van der Waals surface area contributed by atoms with E-state index in [0.29, 0.717) is 0 Å². The highest BCUT2D eigenvalue weighted by molar-refractivity contribution is 4.95. The lowest BCUT2D eigenvalue weighted by atomic mass is 9.96. The Hall–Kier alpha value is -0.600. The molecule has 0 saturated carbocycles. The number of aliphatic hydroxyl groups excluding tert-OH is 10. The third kappa shape index (κ3) is 5.32. The van der Waals surface area contributed by atoms with Crippen molar-refractivity contribution in [3.63, 3.8) is 0 Å². The Morgan fingerprint density at radius 1 is 0.545 bits per heavy atom. The van der Waals surface area contributed by atoms with Crippen molar-refractivity contribution in [2.24, 2.45) is 0 Å². The molecule has 15 nitrogen and oxygen atoms in total. The van der Waals surface area contributed by atoms with Gasteiger partial charge >= 0.3 is 0 Å².